The highest BCUT2D eigenvalue weighted by Gasteiger charge is 2.13. The van der Waals surface area contributed by atoms with Crippen molar-refractivity contribution in [3.05, 3.63) is 36.2 Å². The number of hydrogen-bond donors (Lipinski definition) is 1. The molecule has 0 atom stereocenters. The lowest BCUT2D eigenvalue weighted by Gasteiger charge is -2.13. The van der Waals surface area contributed by atoms with E-state index in [-0.39, 0.29) is 0 Å². The van der Waals surface area contributed by atoms with Crippen LogP contribution in [0.5, 0.6) is 17.4 Å². The number of nitrogens with one attached hydrogen (secondary N) is 1. The molecule has 0 fully saturated rings. The number of nitrogens with zero attached hydrogens (tertiary/aromatic N) is 2. The second-order valence-electron chi connectivity index (χ2n) is 4.27. The van der Waals surface area contributed by atoms with Crippen LogP contribution in [0.15, 0.2) is 30.6 Å². The molecule has 2 rings (SSSR count). The smallest absolute Gasteiger partial charge is 0.268 e. The number of aromatic nitrogens is 2. The van der Waals surface area contributed by atoms with Gasteiger partial charge >= 0.3 is 0 Å². The van der Waals surface area contributed by atoms with Gasteiger partial charge in [-0.25, -0.2) is 4.98 Å². The Morgan fingerprint density at radius 3 is 2.76 bits per heavy atom. The molecule has 1 N–H and O–H groups in total. The van der Waals surface area contributed by atoms with E-state index in [1.807, 2.05) is 31.2 Å². The maximum absolute atomic E-state index is 5.80. The summed E-state index contributed by atoms with van der Waals surface area (Å²) in [5.74, 6) is 2.14. The zero-order valence-corrected chi connectivity index (χ0v) is 12.4. The van der Waals surface area contributed by atoms with Crippen molar-refractivity contribution in [2.45, 2.75) is 13.5 Å². The summed E-state index contributed by atoms with van der Waals surface area (Å²) in [5, 5.41) is 3.11. The highest BCUT2D eigenvalue weighted by molar-refractivity contribution is 5.55. The molecule has 1 heterocycles. The van der Waals surface area contributed by atoms with Crippen LogP contribution >= 0.6 is 0 Å². The van der Waals surface area contributed by atoms with Gasteiger partial charge in [-0.1, -0.05) is 12.1 Å². The lowest BCUT2D eigenvalue weighted by atomic mass is 10.2. The summed E-state index contributed by atoms with van der Waals surface area (Å²) >= 11 is 0. The van der Waals surface area contributed by atoms with E-state index in [4.69, 9.17) is 14.2 Å². The molecular weight excluding hydrogens is 270 g/mol. The monoisotopic (exact) mass is 289 g/mol. The summed E-state index contributed by atoms with van der Waals surface area (Å²) in [6.07, 6.45) is 1.44. The van der Waals surface area contributed by atoms with Crippen molar-refractivity contribution < 1.29 is 14.2 Å². The fourth-order valence-electron chi connectivity index (χ4n) is 1.88. The summed E-state index contributed by atoms with van der Waals surface area (Å²) in [6, 6.07) is 7.63. The number of rotatable bonds is 7. The lowest BCUT2D eigenvalue weighted by Crippen LogP contribution is -2.04. The maximum atomic E-state index is 5.80. The minimum Gasteiger partial charge on any atom is -0.489 e. The second kappa shape index (κ2) is 7.44. The van der Waals surface area contributed by atoms with E-state index in [9.17, 15) is 0 Å². The van der Waals surface area contributed by atoms with Crippen LogP contribution in [-0.4, -0.2) is 30.7 Å². The van der Waals surface area contributed by atoms with Crippen LogP contribution in [0.4, 0.5) is 5.82 Å². The van der Waals surface area contributed by atoms with Gasteiger partial charge in [0, 0.05) is 13.7 Å². The van der Waals surface area contributed by atoms with Gasteiger partial charge in [0.05, 0.1) is 13.7 Å². The highest BCUT2D eigenvalue weighted by Crippen LogP contribution is 2.34. The van der Waals surface area contributed by atoms with E-state index in [2.05, 4.69) is 15.3 Å². The van der Waals surface area contributed by atoms with Crippen LogP contribution in [0.25, 0.3) is 0 Å². The molecule has 0 saturated heterocycles. The minimum absolute atomic E-state index is 0.373. The third kappa shape index (κ3) is 3.82. The molecule has 112 valence electrons. The standard InChI is InChI=1S/C15H19N3O3/c1-4-16-14-13(20-3)15(18-10-17-14)21-12-7-5-6-11(8-12)9-19-2/h5-8,10H,4,9H2,1-3H3,(H,16,17,18). The van der Waals surface area contributed by atoms with Crippen LogP contribution in [-0.2, 0) is 11.3 Å². The molecule has 21 heavy (non-hydrogen) atoms. The first kappa shape index (κ1) is 15.1. The average molecular weight is 289 g/mol. The van der Waals surface area contributed by atoms with Crippen molar-refractivity contribution in [2.75, 3.05) is 26.1 Å². The van der Waals surface area contributed by atoms with E-state index in [1.165, 1.54) is 6.33 Å². The number of ether oxygens (including phenoxy) is 3. The predicted molar refractivity (Wildman–Crippen MR) is 80.0 cm³/mol. The first-order valence-electron chi connectivity index (χ1n) is 6.67. The molecule has 1 aromatic carbocycles. The quantitative estimate of drug-likeness (QED) is 0.845. The summed E-state index contributed by atoms with van der Waals surface area (Å²) in [6.45, 7) is 3.24. The molecule has 0 aliphatic rings. The minimum atomic E-state index is 0.373. The molecular formula is C15H19N3O3. The van der Waals surface area contributed by atoms with Gasteiger partial charge in [0.25, 0.3) is 5.88 Å². The van der Waals surface area contributed by atoms with Crippen LogP contribution < -0.4 is 14.8 Å². The fourth-order valence-corrected chi connectivity index (χ4v) is 1.88. The first-order valence-corrected chi connectivity index (χ1v) is 6.67. The largest absolute Gasteiger partial charge is 0.489 e. The van der Waals surface area contributed by atoms with Gasteiger partial charge in [0.15, 0.2) is 5.82 Å². The Labute approximate surface area is 124 Å². The number of anilines is 1. The molecule has 0 spiro atoms. The van der Waals surface area contributed by atoms with E-state index in [1.54, 1.807) is 14.2 Å². The van der Waals surface area contributed by atoms with Crippen LogP contribution in [0.3, 0.4) is 0 Å². The van der Waals surface area contributed by atoms with Crippen molar-refractivity contribution in [1.29, 1.82) is 0 Å². The number of hydrogen-bond acceptors (Lipinski definition) is 6. The van der Waals surface area contributed by atoms with Crippen molar-refractivity contribution in [2.24, 2.45) is 0 Å². The van der Waals surface area contributed by atoms with E-state index in [0.717, 1.165) is 12.1 Å². The Bertz CT molecular complexity index is 590. The summed E-state index contributed by atoms with van der Waals surface area (Å²) < 4.78 is 16.3. The zero-order valence-electron chi connectivity index (χ0n) is 12.4. The highest BCUT2D eigenvalue weighted by atomic mass is 16.5. The number of benzene rings is 1. The summed E-state index contributed by atoms with van der Waals surface area (Å²) in [4.78, 5) is 8.28. The molecule has 0 aliphatic heterocycles. The zero-order chi connectivity index (χ0) is 15.1. The van der Waals surface area contributed by atoms with Gasteiger partial charge in [-0.2, -0.15) is 4.98 Å². The third-order valence-corrected chi connectivity index (χ3v) is 2.74. The third-order valence-electron chi connectivity index (χ3n) is 2.74. The molecule has 0 amide bonds. The van der Waals surface area contributed by atoms with Crippen molar-refractivity contribution in [1.82, 2.24) is 9.97 Å². The molecule has 6 nitrogen and oxygen atoms in total. The molecule has 1 aromatic heterocycles. The van der Waals surface area contributed by atoms with Crippen molar-refractivity contribution in [3.8, 4) is 17.4 Å². The van der Waals surface area contributed by atoms with E-state index in [0.29, 0.717) is 29.8 Å². The van der Waals surface area contributed by atoms with Gasteiger partial charge in [-0.05, 0) is 24.6 Å². The SMILES string of the molecule is CCNc1ncnc(Oc2cccc(COC)c2)c1OC. The van der Waals surface area contributed by atoms with E-state index < -0.39 is 0 Å². The summed E-state index contributed by atoms with van der Waals surface area (Å²) in [5.41, 5.74) is 1.02. The fraction of sp³-hybridized carbons (Fsp3) is 0.333. The molecule has 2 aromatic rings. The molecule has 0 aliphatic carbocycles. The molecule has 6 heteroatoms. The Balaban J connectivity index is 2.26. The molecule has 0 bridgehead atoms. The Kier molecular flexibility index (Phi) is 5.34. The van der Waals surface area contributed by atoms with Gasteiger partial charge in [-0.15, -0.1) is 0 Å². The first-order chi connectivity index (χ1) is 10.3. The summed E-state index contributed by atoms with van der Waals surface area (Å²) in [7, 11) is 3.22. The Hall–Kier alpha value is -2.34. The topological polar surface area (TPSA) is 65.5 Å². The van der Waals surface area contributed by atoms with Gasteiger partial charge < -0.3 is 19.5 Å². The van der Waals surface area contributed by atoms with Gasteiger partial charge in [0.2, 0.25) is 5.75 Å². The maximum Gasteiger partial charge on any atom is 0.268 e. The lowest BCUT2D eigenvalue weighted by molar-refractivity contribution is 0.184. The van der Waals surface area contributed by atoms with E-state index >= 15 is 0 Å². The second-order valence-corrected chi connectivity index (χ2v) is 4.27. The van der Waals surface area contributed by atoms with Crippen molar-refractivity contribution >= 4 is 5.82 Å². The molecule has 0 saturated carbocycles. The normalized spacial score (nSPS) is 10.2. The van der Waals surface area contributed by atoms with Crippen LogP contribution in [0.1, 0.15) is 12.5 Å². The predicted octanol–water partition coefficient (Wildman–Crippen LogP) is 2.86. The van der Waals surface area contributed by atoms with Crippen LogP contribution in [0.2, 0.25) is 0 Å². The Morgan fingerprint density at radius 1 is 1.19 bits per heavy atom. The van der Waals surface area contributed by atoms with Gasteiger partial charge in [-0.3, -0.25) is 0 Å². The number of methoxy groups -OCH3 is 2. The van der Waals surface area contributed by atoms with Gasteiger partial charge in [0.1, 0.15) is 12.1 Å². The average Bonchev–Trinajstić information content (AvgIpc) is 2.49. The van der Waals surface area contributed by atoms with Crippen molar-refractivity contribution in [3.63, 3.8) is 0 Å². The van der Waals surface area contributed by atoms with Crippen LogP contribution in [0, 0.1) is 0 Å². The molecule has 0 radical (unpaired) electrons. The molecule has 0 unspecified atom stereocenters. The Morgan fingerprint density at radius 2 is 2.05 bits per heavy atom.